The maximum absolute atomic E-state index is 5.63. The molecule has 0 bridgehead atoms. The van der Waals surface area contributed by atoms with Crippen molar-refractivity contribution in [1.82, 2.24) is 20.2 Å². The van der Waals surface area contributed by atoms with E-state index in [2.05, 4.69) is 15.5 Å². The van der Waals surface area contributed by atoms with Gasteiger partial charge in [-0.25, -0.2) is 4.68 Å². The Morgan fingerprint density at radius 1 is 1.38 bits per heavy atom. The smallest absolute Gasteiger partial charge is 0.138 e. The molecule has 0 aliphatic heterocycles. The lowest BCUT2D eigenvalue weighted by molar-refractivity contribution is 0.648. The fourth-order valence-electron chi connectivity index (χ4n) is 1.13. The van der Waals surface area contributed by atoms with Crippen LogP contribution in [-0.2, 0) is 6.54 Å². The van der Waals surface area contributed by atoms with Gasteiger partial charge in [0.05, 0.1) is 6.54 Å². The van der Waals surface area contributed by atoms with Crippen molar-refractivity contribution in [2.45, 2.75) is 6.54 Å². The molecule has 66 valence electrons. The Balaban J connectivity index is 2.19. The van der Waals surface area contributed by atoms with Crippen molar-refractivity contribution in [3.05, 3.63) is 36.2 Å². The fraction of sp³-hybridized carbons (Fsp3) is 0.125. The predicted molar refractivity (Wildman–Crippen MR) is 47.8 cm³/mol. The van der Waals surface area contributed by atoms with Gasteiger partial charge in [0, 0.05) is 5.69 Å². The maximum Gasteiger partial charge on any atom is 0.138 e. The number of aromatic nitrogens is 4. The Morgan fingerprint density at radius 3 is 3.00 bits per heavy atom. The highest BCUT2D eigenvalue weighted by atomic mass is 15.5. The molecule has 2 aromatic rings. The summed E-state index contributed by atoms with van der Waals surface area (Å²) in [6, 6.07) is 7.65. The molecule has 13 heavy (non-hydrogen) atoms. The lowest BCUT2D eigenvalue weighted by atomic mass is 10.2. The molecular weight excluding hydrogens is 166 g/mol. The quantitative estimate of drug-likeness (QED) is 0.666. The molecule has 0 spiro atoms. The number of nitrogens with two attached hydrogens (primary N) is 1. The number of nitrogen functional groups attached to an aromatic ring is 1. The van der Waals surface area contributed by atoms with Gasteiger partial charge in [0.25, 0.3) is 0 Å². The Morgan fingerprint density at radius 2 is 2.31 bits per heavy atom. The lowest BCUT2D eigenvalue weighted by Gasteiger charge is -2.00. The number of benzene rings is 1. The topological polar surface area (TPSA) is 69.6 Å². The third-order valence-electron chi connectivity index (χ3n) is 1.69. The van der Waals surface area contributed by atoms with Gasteiger partial charge in [0.2, 0.25) is 0 Å². The molecule has 1 heterocycles. The lowest BCUT2D eigenvalue weighted by Crippen LogP contribution is -2.00. The molecule has 0 radical (unpaired) electrons. The first-order valence-corrected chi connectivity index (χ1v) is 3.90. The minimum atomic E-state index is 0.651. The van der Waals surface area contributed by atoms with Gasteiger partial charge in [-0.1, -0.05) is 12.1 Å². The summed E-state index contributed by atoms with van der Waals surface area (Å²) in [5, 5.41) is 10.8. The number of anilines is 1. The van der Waals surface area contributed by atoms with Crippen molar-refractivity contribution in [3.8, 4) is 0 Å². The molecule has 0 aliphatic rings. The summed E-state index contributed by atoms with van der Waals surface area (Å²) in [5.74, 6) is 0. The molecule has 0 fully saturated rings. The van der Waals surface area contributed by atoms with Gasteiger partial charge in [0.1, 0.15) is 6.33 Å². The van der Waals surface area contributed by atoms with Crippen LogP contribution in [0, 0.1) is 0 Å². The third-order valence-corrected chi connectivity index (χ3v) is 1.69. The van der Waals surface area contributed by atoms with Crippen LogP contribution in [0.2, 0.25) is 0 Å². The molecule has 5 nitrogen and oxygen atoms in total. The molecule has 0 amide bonds. The number of hydrogen-bond donors (Lipinski definition) is 1. The standard InChI is InChI=1S/C8H9N5/c9-8-3-1-2-7(4-8)5-13-6-10-11-12-13/h1-4,6H,5,9H2. The summed E-state index contributed by atoms with van der Waals surface area (Å²) >= 11 is 0. The second kappa shape index (κ2) is 3.22. The Labute approximate surface area is 75.2 Å². The molecule has 0 unspecified atom stereocenters. The van der Waals surface area contributed by atoms with Crippen molar-refractivity contribution in [2.24, 2.45) is 0 Å². The van der Waals surface area contributed by atoms with E-state index in [0.29, 0.717) is 6.54 Å². The fourth-order valence-corrected chi connectivity index (χ4v) is 1.13. The summed E-state index contributed by atoms with van der Waals surface area (Å²) in [5.41, 5.74) is 7.47. The van der Waals surface area contributed by atoms with Crippen molar-refractivity contribution < 1.29 is 0 Å². The Hall–Kier alpha value is -1.91. The third kappa shape index (κ3) is 1.81. The Kier molecular flexibility index (Phi) is 1.91. The van der Waals surface area contributed by atoms with E-state index in [0.717, 1.165) is 11.3 Å². The molecule has 0 aliphatic carbocycles. The normalized spacial score (nSPS) is 10.2. The number of nitrogens with zero attached hydrogens (tertiary/aromatic N) is 4. The number of tetrazole rings is 1. The summed E-state index contributed by atoms with van der Waals surface area (Å²) in [6.07, 6.45) is 1.57. The van der Waals surface area contributed by atoms with Gasteiger partial charge in [-0.15, -0.1) is 5.10 Å². The number of rotatable bonds is 2. The van der Waals surface area contributed by atoms with Crippen LogP contribution in [0.1, 0.15) is 5.56 Å². The molecule has 2 N–H and O–H groups in total. The molecule has 1 aromatic carbocycles. The number of hydrogen-bond acceptors (Lipinski definition) is 4. The first-order valence-electron chi connectivity index (χ1n) is 3.90. The van der Waals surface area contributed by atoms with Crippen LogP contribution in [-0.4, -0.2) is 20.2 Å². The monoisotopic (exact) mass is 175 g/mol. The van der Waals surface area contributed by atoms with Gasteiger partial charge >= 0.3 is 0 Å². The first-order chi connectivity index (χ1) is 6.34. The van der Waals surface area contributed by atoms with Crippen LogP contribution in [0.5, 0.6) is 0 Å². The molecular formula is C8H9N5. The SMILES string of the molecule is Nc1cccc(Cn2cnnn2)c1. The van der Waals surface area contributed by atoms with Gasteiger partial charge in [-0.2, -0.15) is 0 Å². The Bertz CT molecular complexity index is 381. The van der Waals surface area contributed by atoms with Crippen LogP contribution in [0.4, 0.5) is 5.69 Å². The van der Waals surface area contributed by atoms with Gasteiger partial charge in [-0.3, -0.25) is 0 Å². The molecule has 5 heteroatoms. The van der Waals surface area contributed by atoms with E-state index in [1.807, 2.05) is 24.3 Å². The predicted octanol–water partition coefficient (Wildman–Crippen LogP) is 0.304. The highest BCUT2D eigenvalue weighted by Gasteiger charge is 1.95. The molecule has 0 saturated heterocycles. The van der Waals surface area contributed by atoms with Crippen LogP contribution < -0.4 is 5.73 Å². The first kappa shape index (κ1) is 7.72. The molecule has 0 saturated carbocycles. The van der Waals surface area contributed by atoms with E-state index in [9.17, 15) is 0 Å². The van der Waals surface area contributed by atoms with E-state index in [4.69, 9.17) is 5.73 Å². The van der Waals surface area contributed by atoms with E-state index in [-0.39, 0.29) is 0 Å². The largest absolute Gasteiger partial charge is 0.399 e. The summed E-state index contributed by atoms with van der Waals surface area (Å²) in [4.78, 5) is 0. The van der Waals surface area contributed by atoms with Gasteiger partial charge in [-0.05, 0) is 28.1 Å². The van der Waals surface area contributed by atoms with Crippen LogP contribution >= 0.6 is 0 Å². The van der Waals surface area contributed by atoms with E-state index in [1.54, 1.807) is 11.0 Å². The average Bonchev–Trinajstić information content (AvgIpc) is 2.57. The molecule has 1 aromatic heterocycles. The van der Waals surface area contributed by atoms with E-state index < -0.39 is 0 Å². The van der Waals surface area contributed by atoms with Gasteiger partial charge < -0.3 is 5.73 Å². The zero-order valence-corrected chi connectivity index (χ0v) is 6.96. The molecule has 2 rings (SSSR count). The summed E-state index contributed by atoms with van der Waals surface area (Å²) in [7, 11) is 0. The van der Waals surface area contributed by atoms with Gasteiger partial charge in [0.15, 0.2) is 0 Å². The zero-order valence-electron chi connectivity index (χ0n) is 6.96. The van der Waals surface area contributed by atoms with E-state index >= 15 is 0 Å². The minimum Gasteiger partial charge on any atom is -0.399 e. The highest BCUT2D eigenvalue weighted by molar-refractivity contribution is 5.40. The molecule has 0 atom stereocenters. The van der Waals surface area contributed by atoms with E-state index in [1.165, 1.54) is 0 Å². The van der Waals surface area contributed by atoms with Crippen LogP contribution in [0.25, 0.3) is 0 Å². The summed E-state index contributed by atoms with van der Waals surface area (Å²) in [6.45, 7) is 0.651. The van der Waals surface area contributed by atoms with Crippen molar-refractivity contribution >= 4 is 5.69 Å². The second-order valence-corrected chi connectivity index (χ2v) is 2.75. The minimum absolute atomic E-state index is 0.651. The van der Waals surface area contributed by atoms with Crippen molar-refractivity contribution in [3.63, 3.8) is 0 Å². The van der Waals surface area contributed by atoms with Crippen LogP contribution in [0.15, 0.2) is 30.6 Å². The van der Waals surface area contributed by atoms with Crippen LogP contribution in [0.3, 0.4) is 0 Å². The second-order valence-electron chi connectivity index (χ2n) is 2.75. The average molecular weight is 175 g/mol. The zero-order chi connectivity index (χ0) is 9.10. The van der Waals surface area contributed by atoms with Crippen molar-refractivity contribution in [2.75, 3.05) is 5.73 Å². The summed E-state index contributed by atoms with van der Waals surface area (Å²) < 4.78 is 1.65. The van der Waals surface area contributed by atoms with Crippen molar-refractivity contribution in [1.29, 1.82) is 0 Å². The highest BCUT2D eigenvalue weighted by Crippen LogP contribution is 2.06. The maximum atomic E-state index is 5.63.